The van der Waals surface area contributed by atoms with Crippen LogP contribution in [0.25, 0.3) is 0 Å². The highest BCUT2D eigenvalue weighted by Gasteiger charge is 2.13. The monoisotopic (exact) mass is 536 g/mol. The van der Waals surface area contributed by atoms with E-state index in [4.69, 9.17) is 14.3 Å². The molecule has 0 aromatic carbocycles. The molecule has 0 fully saturated rings. The first-order valence-electron chi connectivity index (χ1n) is 9.73. The number of thiazole rings is 1. The van der Waals surface area contributed by atoms with Crippen LogP contribution in [-0.4, -0.2) is 53.2 Å². The van der Waals surface area contributed by atoms with Gasteiger partial charge in [-0.15, -0.1) is 35.3 Å². The molecule has 1 unspecified atom stereocenters. The Hall–Kier alpha value is -1.27. The Morgan fingerprint density at radius 1 is 1.34 bits per heavy atom. The van der Waals surface area contributed by atoms with E-state index in [1.165, 1.54) is 0 Å². The molecule has 29 heavy (non-hydrogen) atoms. The van der Waals surface area contributed by atoms with E-state index in [-0.39, 0.29) is 36.0 Å². The summed E-state index contributed by atoms with van der Waals surface area (Å²) in [5, 5.41) is 10.4. The molecule has 164 valence electrons. The van der Waals surface area contributed by atoms with Gasteiger partial charge in [0.2, 0.25) is 5.89 Å². The topological polar surface area (TPSA) is 88.7 Å². The van der Waals surface area contributed by atoms with E-state index in [9.17, 15) is 0 Å². The maximum atomic E-state index is 5.34. The number of nitrogens with one attached hydrogen (secondary N) is 1. The van der Waals surface area contributed by atoms with Gasteiger partial charge in [-0.05, 0) is 20.3 Å². The fourth-order valence-electron chi connectivity index (χ4n) is 2.49. The number of hydrogen-bond donors (Lipinski definition) is 1. The summed E-state index contributed by atoms with van der Waals surface area (Å²) in [6.45, 7) is 10.4. The molecule has 2 rings (SSSR count). The Kier molecular flexibility index (Phi) is 11.7. The number of halogens is 1. The van der Waals surface area contributed by atoms with Gasteiger partial charge in [0.15, 0.2) is 11.8 Å². The molecule has 0 radical (unpaired) electrons. The lowest BCUT2D eigenvalue weighted by molar-refractivity contribution is 0.119. The largest absolute Gasteiger partial charge is 0.375 e. The van der Waals surface area contributed by atoms with Crippen LogP contribution in [-0.2, 0) is 17.7 Å². The van der Waals surface area contributed by atoms with Crippen molar-refractivity contribution in [2.75, 3.05) is 27.2 Å². The summed E-state index contributed by atoms with van der Waals surface area (Å²) in [6.07, 6.45) is 1.61. The number of methoxy groups -OCH3 is 1. The third kappa shape index (κ3) is 8.17. The highest BCUT2D eigenvalue weighted by Crippen LogP contribution is 2.21. The van der Waals surface area contributed by atoms with E-state index >= 15 is 0 Å². The maximum Gasteiger partial charge on any atom is 0.226 e. The minimum absolute atomic E-state index is 0. The second-order valence-electron chi connectivity index (χ2n) is 6.95. The van der Waals surface area contributed by atoms with Crippen molar-refractivity contribution in [3.8, 4) is 0 Å². The van der Waals surface area contributed by atoms with Crippen LogP contribution in [0.3, 0.4) is 0 Å². The molecular formula is C19H33IN6O2S. The van der Waals surface area contributed by atoms with Crippen molar-refractivity contribution in [1.29, 1.82) is 0 Å². The fraction of sp³-hybridized carbons (Fsp3) is 0.684. The number of aromatic nitrogens is 3. The first-order chi connectivity index (χ1) is 13.4. The molecule has 10 heteroatoms. The van der Waals surface area contributed by atoms with Crippen LogP contribution in [0.15, 0.2) is 14.9 Å². The zero-order valence-electron chi connectivity index (χ0n) is 18.1. The molecule has 0 spiro atoms. The molecule has 0 saturated heterocycles. The van der Waals surface area contributed by atoms with E-state index < -0.39 is 0 Å². The summed E-state index contributed by atoms with van der Waals surface area (Å²) in [5.74, 6) is 2.59. The second kappa shape index (κ2) is 13.1. The Labute approximate surface area is 194 Å². The molecule has 0 amide bonds. The van der Waals surface area contributed by atoms with Crippen molar-refractivity contribution >= 4 is 41.3 Å². The van der Waals surface area contributed by atoms with Gasteiger partial charge in [0.05, 0.1) is 12.2 Å². The highest BCUT2D eigenvalue weighted by atomic mass is 127. The molecular weight excluding hydrogens is 503 g/mol. The molecule has 1 N–H and O–H groups in total. The Morgan fingerprint density at radius 2 is 2.10 bits per heavy atom. The SMILES string of the molecule is CCNC(=NCCCc1nc(C(C)C)no1)N(C)Cc1csc(C(C)OC)n1.I. The number of guanidine groups is 1. The number of rotatable bonds is 10. The van der Waals surface area contributed by atoms with Crippen molar-refractivity contribution in [2.24, 2.45) is 4.99 Å². The van der Waals surface area contributed by atoms with Crippen molar-refractivity contribution in [3.05, 3.63) is 27.8 Å². The first-order valence-corrected chi connectivity index (χ1v) is 10.6. The van der Waals surface area contributed by atoms with Crippen molar-refractivity contribution in [3.63, 3.8) is 0 Å². The second-order valence-corrected chi connectivity index (χ2v) is 7.84. The van der Waals surface area contributed by atoms with E-state index in [0.717, 1.165) is 41.9 Å². The minimum Gasteiger partial charge on any atom is -0.375 e. The normalized spacial score (nSPS) is 12.7. The van der Waals surface area contributed by atoms with Gasteiger partial charge in [-0.1, -0.05) is 19.0 Å². The van der Waals surface area contributed by atoms with Crippen LogP contribution in [0, 0.1) is 0 Å². The van der Waals surface area contributed by atoms with Crippen LogP contribution in [0.4, 0.5) is 0 Å². The predicted octanol–water partition coefficient (Wildman–Crippen LogP) is 4.01. The molecule has 2 aromatic heterocycles. The van der Waals surface area contributed by atoms with E-state index in [1.54, 1.807) is 18.4 Å². The van der Waals surface area contributed by atoms with Gasteiger partial charge < -0.3 is 19.5 Å². The molecule has 8 nitrogen and oxygen atoms in total. The average molecular weight is 536 g/mol. The van der Waals surface area contributed by atoms with E-state index in [0.29, 0.717) is 19.0 Å². The van der Waals surface area contributed by atoms with E-state index in [1.807, 2.05) is 14.0 Å². The molecule has 0 aliphatic rings. The summed E-state index contributed by atoms with van der Waals surface area (Å²) in [6, 6.07) is 0. The standard InChI is InChI=1S/C19H32N6O2S.HI/c1-7-20-19(21-10-8-9-16-23-17(13(2)3)24-27-16)25(5)11-15-12-28-18(22-15)14(4)26-6;/h12-14H,7-11H2,1-6H3,(H,20,21);1H. The lowest BCUT2D eigenvalue weighted by Crippen LogP contribution is -2.38. The maximum absolute atomic E-state index is 5.34. The van der Waals surface area contributed by atoms with Crippen molar-refractivity contribution in [1.82, 2.24) is 25.3 Å². The number of aryl methyl sites for hydroxylation is 1. The van der Waals surface area contributed by atoms with Crippen LogP contribution in [0.5, 0.6) is 0 Å². The summed E-state index contributed by atoms with van der Waals surface area (Å²) in [4.78, 5) is 15.9. The zero-order chi connectivity index (χ0) is 20.5. The van der Waals surface area contributed by atoms with Gasteiger partial charge >= 0.3 is 0 Å². The lowest BCUT2D eigenvalue weighted by Gasteiger charge is -2.21. The quantitative estimate of drug-likeness (QED) is 0.213. The van der Waals surface area contributed by atoms with Crippen molar-refractivity contribution in [2.45, 2.75) is 59.1 Å². The molecule has 0 aliphatic carbocycles. The number of aliphatic imine (C=N–C) groups is 1. The van der Waals surface area contributed by atoms with Crippen molar-refractivity contribution < 1.29 is 9.26 Å². The molecule has 0 aliphatic heterocycles. The van der Waals surface area contributed by atoms with Gasteiger partial charge in [0, 0.05) is 45.0 Å². The van der Waals surface area contributed by atoms with E-state index in [2.05, 4.69) is 51.5 Å². The predicted molar refractivity (Wildman–Crippen MR) is 127 cm³/mol. The average Bonchev–Trinajstić information content (AvgIpc) is 3.33. The van der Waals surface area contributed by atoms with Crippen LogP contribution in [0.2, 0.25) is 0 Å². The molecule has 2 heterocycles. The van der Waals surface area contributed by atoms with Crippen LogP contribution >= 0.6 is 35.3 Å². The van der Waals surface area contributed by atoms with Gasteiger partial charge in [0.25, 0.3) is 0 Å². The molecule has 0 bridgehead atoms. The van der Waals surface area contributed by atoms with Gasteiger partial charge in [0.1, 0.15) is 11.1 Å². The molecule has 2 aromatic rings. The van der Waals surface area contributed by atoms with Gasteiger partial charge in [-0.25, -0.2) is 4.98 Å². The number of ether oxygens (including phenoxy) is 1. The van der Waals surface area contributed by atoms with Gasteiger partial charge in [-0.2, -0.15) is 4.98 Å². The number of nitrogens with zero attached hydrogens (tertiary/aromatic N) is 5. The fourth-order valence-corrected chi connectivity index (χ4v) is 3.33. The summed E-state index contributed by atoms with van der Waals surface area (Å²) in [7, 11) is 3.72. The molecule has 1 atom stereocenters. The smallest absolute Gasteiger partial charge is 0.226 e. The van der Waals surface area contributed by atoms with Crippen LogP contribution < -0.4 is 5.32 Å². The summed E-state index contributed by atoms with van der Waals surface area (Å²) < 4.78 is 10.6. The Bertz CT molecular complexity index is 749. The zero-order valence-corrected chi connectivity index (χ0v) is 21.3. The van der Waals surface area contributed by atoms with Gasteiger partial charge in [-0.3, -0.25) is 4.99 Å². The Morgan fingerprint density at radius 3 is 2.72 bits per heavy atom. The highest BCUT2D eigenvalue weighted by molar-refractivity contribution is 14.0. The minimum atomic E-state index is 0. The number of hydrogen-bond acceptors (Lipinski definition) is 7. The van der Waals surface area contributed by atoms with Crippen LogP contribution in [0.1, 0.15) is 68.6 Å². The third-order valence-electron chi connectivity index (χ3n) is 4.18. The summed E-state index contributed by atoms with van der Waals surface area (Å²) in [5.41, 5.74) is 1.02. The Balaban J connectivity index is 0.00000420. The summed E-state index contributed by atoms with van der Waals surface area (Å²) >= 11 is 1.63. The first kappa shape index (κ1) is 25.8. The molecule has 0 saturated carbocycles. The third-order valence-corrected chi connectivity index (χ3v) is 5.23. The lowest BCUT2D eigenvalue weighted by atomic mass is 10.2.